The van der Waals surface area contributed by atoms with Crippen LogP contribution in [0.5, 0.6) is 5.75 Å². The zero-order valence-electron chi connectivity index (χ0n) is 15.7. The predicted molar refractivity (Wildman–Crippen MR) is 101 cm³/mol. The van der Waals surface area contributed by atoms with Gasteiger partial charge in [0.05, 0.1) is 31.4 Å². The number of rotatable bonds is 4. The first-order chi connectivity index (χ1) is 13.5. The summed E-state index contributed by atoms with van der Waals surface area (Å²) in [5.41, 5.74) is 1.27. The van der Waals surface area contributed by atoms with Crippen molar-refractivity contribution in [3.05, 3.63) is 46.8 Å². The van der Waals surface area contributed by atoms with Gasteiger partial charge in [0.15, 0.2) is 0 Å². The lowest BCUT2D eigenvalue weighted by atomic mass is 10.1. The lowest BCUT2D eigenvalue weighted by Crippen LogP contribution is -2.65. The van der Waals surface area contributed by atoms with Crippen LogP contribution in [0.2, 0.25) is 0 Å². The molecule has 2 aliphatic heterocycles. The molecule has 9 nitrogen and oxygen atoms in total. The van der Waals surface area contributed by atoms with Crippen LogP contribution < -0.4 is 15.6 Å². The summed E-state index contributed by atoms with van der Waals surface area (Å²) in [4.78, 5) is 39.1. The monoisotopic (exact) mass is 383 g/mol. The zero-order valence-corrected chi connectivity index (χ0v) is 15.7. The molecule has 0 radical (unpaired) electrons. The molecule has 9 heteroatoms. The van der Waals surface area contributed by atoms with Crippen molar-refractivity contribution in [2.45, 2.75) is 18.6 Å². The van der Waals surface area contributed by atoms with Crippen LogP contribution in [0.3, 0.4) is 0 Å². The maximum Gasteiger partial charge on any atom is 0.325 e. The van der Waals surface area contributed by atoms with E-state index in [2.05, 4.69) is 10.4 Å². The number of carbonyl (C=O) groups excluding carboxylic acids is 2. The van der Waals surface area contributed by atoms with E-state index in [1.165, 1.54) is 17.8 Å². The number of para-hydroxylation sites is 1. The van der Waals surface area contributed by atoms with Crippen LogP contribution in [0.15, 0.2) is 41.2 Å². The number of benzene rings is 1. The quantitative estimate of drug-likeness (QED) is 0.834. The number of aromatic nitrogens is 2. The summed E-state index contributed by atoms with van der Waals surface area (Å²) in [6.07, 6.45) is -0.126. The first-order valence-electron chi connectivity index (χ1n) is 9.02. The topological polar surface area (TPSA) is 96.8 Å². The van der Waals surface area contributed by atoms with Crippen LogP contribution in [0.1, 0.15) is 12.5 Å². The Bertz CT molecular complexity index is 964. The second kappa shape index (κ2) is 7.08. The third-order valence-electron chi connectivity index (χ3n) is 5.22. The second-order valence-electron chi connectivity index (χ2n) is 6.93. The molecule has 1 aromatic carbocycles. The molecule has 0 bridgehead atoms. The highest BCUT2D eigenvalue weighted by Crippen LogP contribution is 2.29. The number of nitrogens with one attached hydrogen (secondary N) is 1. The number of methoxy groups -OCH3 is 1. The highest BCUT2D eigenvalue weighted by Gasteiger charge is 2.40. The third kappa shape index (κ3) is 3.13. The summed E-state index contributed by atoms with van der Waals surface area (Å²) in [6, 6.07) is 10.2. The van der Waals surface area contributed by atoms with E-state index in [0.717, 1.165) is 10.5 Å². The molecule has 2 saturated heterocycles. The van der Waals surface area contributed by atoms with Crippen molar-refractivity contribution in [1.29, 1.82) is 0 Å². The Morgan fingerprint density at radius 1 is 1.11 bits per heavy atom. The number of imide groups is 1. The Hall–Kier alpha value is -3.20. The van der Waals surface area contributed by atoms with Crippen LogP contribution in [0, 0.1) is 0 Å². The van der Waals surface area contributed by atoms with E-state index in [1.807, 2.05) is 29.2 Å². The minimum absolute atomic E-state index is 0.117. The molecule has 0 aliphatic carbocycles. The fourth-order valence-corrected chi connectivity index (χ4v) is 3.51. The number of hydrogen-bond acceptors (Lipinski definition) is 6. The van der Waals surface area contributed by atoms with Gasteiger partial charge in [-0.25, -0.2) is 9.48 Å². The van der Waals surface area contributed by atoms with Gasteiger partial charge in [0.2, 0.25) is 5.91 Å². The van der Waals surface area contributed by atoms with Crippen molar-refractivity contribution >= 4 is 11.9 Å². The maximum absolute atomic E-state index is 12.3. The molecule has 2 aromatic rings. The van der Waals surface area contributed by atoms with Crippen LogP contribution in [-0.4, -0.2) is 64.9 Å². The minimum Gasteiger partial charge on any atom is -0.496 e. The lowest BCUT2D eigenvalue weighted by Gasteiger charge is -2.46. The minimum atomic E-state index is -0.404. The Morgan fingerprint density at radius 2 is 1.86 bits per heavy atom. The molecule has 3 amide bonds. The van der Waals surface area contributed by atoms with E-state index in [0.29, 0.717) is 24.5 Å². The first-order valence-corrected chi connectivity index (χ1v) is 9.02. The fourth-order valence-electron chi connectivity index (χ4n) is 3.51. The van der Waals surface area contributed by atoms with Gasteiger partial charge in [-0.1, -0.05) is 12.1 Å². The number of urea groups is 1. The van der Waals surface area contributed by atoms with Crippen molar-refractivity contribution in [2.24, 2.45) is 0 Å². The predicted octanol–water partition coefficient (Wildman–Crippen LogP) is 0.673. The molecule has 2 fully saturated rings. The third-order valence-corrected chi connectivity index (χ3v) is 5.22. The van der Waals surface area contributed by atoms with Gasteiger partial charge in [-0.3, -0.25) is 19.4 Å². The van der Waals surface area contributed by atoms with Gasteiger partial charge in [-0.15, -0.1) is 0 Å². The summed E-state index contributed by atoms with van der Waals surface area (Å²) in [7, 11) is 3.05. The highest BCUT2D eigenvalue weighted by atomic mass is 16.5. The molecule has 28 heavy (non-hydrogen) atoms. The molecular formula is C19H21N5O4. The van der Waals surface area contributed by atoms with Gasteiger partial charge < -0.3 is 10.1 Å². The van der Waals surface area contributed by atoms with E-state index in [-0.39, 0.29) is 30.1 Å². The molecule has 1 unspecified atom stereocenters. The Balaban J connectivity index is 1.51. The molecular weight excluding hydrogens is 362 g/mol. The molecule has 1 aromatic heterocycles. The number of carbonyl (C=O) groups is 2. The summed E-state index contributed by atoms with van der Waals surface area (Å²) in [5, 5.41) is 7.33. The lowest BCUT2D eigenvalue weighted by molar-refractivity contribution is -0.131. The van der Waals surface area contributed by atoms with Crippen LogP contribution in [0.25, 0.3) is 11.3 Å². The Labute approximate surface area is 161 Å². The molecule has 0 spiro atoms. The van der Waals surface area contributed by atoms with Crippen LogP contribution in [0.4, 0.5) is 4.79 Å². The van der Waals surface area contributed by atoms with Crippen molar-refractivity contribution in [3.8, 4) is 17.0 Å². The highest BCUT2D eigenvalue weighted by molar-refractivity contribution is 5.96. The number of hydrogen-bond donors (Lipinski definition) is 1. The zero-order chi connectivity index (χ0) is 19.8. The van der Waals surface area contributed by atoms with Gasteiger partial charge >= 0.3 is 6.03 Å². The van der Waals surface area contributed by atoms with Crippen molar-refractivity contribution < 1.29 is 14.3 Å². The summed E-state index contributed by atoms with van der Waals surface area (Å²) >= 11 is 0. The molecule has 3 heterocycles. The second-order valence-corrected chi connectivity index (χ2v) is 6.93. The van der Waals surface area contributed by atoms with E-state index in [9.17, 15) is 14.4 Å². The van der Waals surface area contributed by atoms with E-state index >= 15 is 0 Å². The smallest absolute Gasteiger partial charge is 0.325 e. The van der Waals surface area contributed by atoms with Gasteiger partial charge in [0.25, 0.3) is 5.56 Å². The van der Waals surface area contributed by atoms with Crippen LogP contribution in [-0.2, 0) is 4.79 Å². The van der Waals surface area contributed by atoms with Crippen molar-refractivity contribution in [1.82, 2.24) is 24.9 Å². The Kier molecular flexibility index (Phi) is 4.60. The van der Waals surface area contributed by atoms with E-state index < -0.39 is 6.03 Å². The van der Waals surface area contributed by atoms with Gasteiger partial charge in [0.1, 0.15) is 5.75 Å². The number of ether oxygens (including phenoxy) is 1. The van der Waals surface area contributed by atoms with Gasteiger partial charge in [-0.2, -0.15) is 5.10 Å². The van der Waals surface area contributed by atoms with E-state index in [1.54, 1.807) is 13.2 Å². The average Bonchev–Trinajstić information content (AvgIpc) is 2.66. The number of likely N-dealkylation sites (tertiary alicyclic amines) is 1. The summed E-state index contributed by atoms with van der Waals surface area (Å²) < 4.78 is 6.85. The molecule has 1 atom stereocenters. The first kappa shape index (κ1) is 18.2. The average molecular weight is 383 g/mol. The normalized spacial score (nSPS) is 20.6. The molecule has 146 valence electrons. The molecule has 1 N–H and O–H groups in total. The standard InChI is InChI=1S/C19H21N5O4/c1-22-18(26)9-16(20-19(22)27)23-10-12(11-23)24-17(25)8-7-14(21-24)13-5-3-4-6-15(13)28-2/h3-8,12,16H,9-11H2,1-2H3,(H,20,27). The molecule has 0 saturated carbocycles. The van der Waals surface area contributed by atoms with Gasteiger partial charge in [-0.05, 0) is 18.2 Å². The van der Waals surface area contributed by atoms with E-state index in [4.69, 9.17) is 4.74 Å². The molecule has 4 rings (SSSR count). The maximum atomic E-state index is 12.3. The SMILES string of the molecule is COc1ccccc1-c1ccc(=O)n(C2CN(C3CC(=O)N(C)C(=O)N3)C2)n1. The summed E-state index contributed by atoms with van der Waals surface area (Å²) in [6.45, 7) is 1.06. The van der Waals surface area contributed by atoms with Crippen molar-refractivity contribution in [3.63, 3.8) is 0 Å². The number of nitrogens with zero attached hydrogens (tertiary/aromatic N) is 4. The van der Waals surface area contributed by atoms with Gasteiger partial charge in [0, 0.05) is 31.8 Å². The molecule has 2 aliphatic rings. The summed E-state index contributed by atoms with van der Waals surface area (Å²) in [5.74, 6) is 0.466. The number of amides is 3. The van der Waals surface area contributed by atoms with Crippen molar-refractivity contribution in [2.75, 3.05) is 27.2 Å². The van der Waals surface area contributed by atoms with Crippen LogP contribution >= 0.6 is 0 Å². The fraction of sp³-hybridized carbons (Fsp3) is 0.368. The largest absolute Gasteiger partial charge is 0.496 e. The Morgan fingerprint density at radius 3 is 2.57 bits per heavy atom.